The number of carbonyl (C=O) groups is 2. The average Bonchev–Trinajstić information content (AvgIpc) is 2.83. The highest BCUT2D eigenvalue weighted by Crippen LogP contribution is 2.43. The lowest BCUT2D eigenvalue weighted by molar-refractivity contribution is -0.138. The maximum absolute atomic E-state index is 11.4. The van der Waals surface area contributed by atoms with Gasteiger partial charge in [-0.25, -0.2) is 0 Å². The Kier molecular flexibility index (Phi) is 2.21. The molecule has 14 heavy (non-hydrogen) atoms. The summed E-state index contributed by atoms with van der Waals surface area (Å²) in [6.07, 6.45) is 2.86. The van der Waals surface area contributed by atoms with Crippen molar-refractivity contribution in [3.63, 3.8) is 0 Å². The fraction of sp³-hybridized carbons (Fsp3) is 0.800. The zero-order valence-electron chi connectivity index (χ0n) is 8.27. The SMILES string of the molecule is CN1C(=O)C[C@H](CC(=O)O)[C@H]1C1CC1. The molecule has 0 bridgehead atoms. The molecule has 1 amide bonds. The maximum atomic E-state index is 11.4. The highest BCUT2D eigenvalue weighted by Gasteiger charge is 2.46. The first kappa shape index (κ1) is 9.49. The quantitative estimate of drug-likeness (QED) is 0.725. The van der Waals surface area contributed by atoms with E-state index in [-0.39, 0.29) is 24.3 Å². The molecule has 2 aliphatic rings. The number of aliphatic carboxylic acids is 1. The van der Waals surface area contributed by atoms with Crippen molar-refractivity contribution < 1.29 is 14.7 Å². The maximum Gasteiger partial charge on any atom is 0.303 e. The number of nitrogens with zero attached hydrogens (tertiary/aromatic N) is 1. The highest BCUT2D eigenvalue weighted by atomic mass is 16.4. The van der Waals surface area contributed by atoms with Crippen molar-refractivity contribution in [2.75, 3.05) is 7.05 Å². The molecule has 1 aliphatic heterocycles. The van der Waals surface area contributed by atoms with E-state index in [0.29, 0.717) is 12.3 Å². The van der Waals surface area contributed by atoms with E-state index >= 15 is 0 Å². The van der Waals surface area contributed by atoms with E-state index in [1.807, 2.05) is 0 Å². The van der Waals surface area contributed by atoms with Gasteiger partial charge in [-0.15, -0.1) is 0 Å². The number of rotatable bonds is 3. The van der Waals surface area contributed by atoms with Gasteiger partial charge in [0.15, 0.2) is 0 Å². The number of carboxylic acids is 1. The van der Waals surface area contributed by atoms with Crippen LogP contribution in [0.5, 0.6) is 0 Å². The van der Waals surface area contributed by atoms with Crippen LogP contribution in [0.1, 0.15) is 25.7 Å². The molecule has 4 heteroatoms. The van der Waals surface area contributed by atoms with E-state index in [1.165, 1.54) is 0 Å². The first-order chi connectivity index (χ1) is 6.59. The molecule has 0 radical (unpaired) electrons. The van der Waals surface area contributed by atoms with Crippen LogP contribution in [0.15, 0.2) is 0 Å². The van der Waals surface area contributed by atoms with Gasteiger partial charge in [0, 0.05) is 19.5 Å². The topological polar surface area (TPSA) is 57.6 Å². The van der Waals surface area contributed by atoms with Crippen LogP contribution in [0.2, 0.25) is 0 Å². The molecular formula is C10H15NO3. The fourth-order valence-corrected chi connectivity index (χ4v) is 2.53. The monoisotopic (exact) mass is 197 g/mol. The molecule has 1 N–H and O–H groups in total. The fourth-order valence-electron chi connectivity index (χ4n) is 2.53. The van der Waals surface area contributed by atoms with E-state index < -0.39 is 5.97 Å². The van der Waals surface area contributed by atoms with Crippen LogP contribution in [0.25, 0.3) is 0 Å². The van der Waals surface area contributed by atoms with E-state index in [4.69, 9.17) is 5.11 Å². The van der Waals surface area contributed by atoms with Crippen LogP contribution >= 0.6 is 0 Å². The average molecular weight is 197 g/mol. The lowest BCUT2D eigenvalue weighted by atomic mass is 9.93. The van der Waals surface area contributed by atoms with Gasteiger partial charge in [0.1, 0.15) is 0 Å². The van der Waals surface area contributed by atoms with Gasteiger partial charge in [0.05, 0.1) is 6.42 Å². The summed E-state index contributed by atoms with van der Waals surface area (Å²) in [6, 6.07) is 0.193. The lowest BCUT2D eigenvalue weighted by Gasteiger charge is -2.23. The van der Waals surface area contributed by atoms with Crippen LogP contribution < -0.4 is 0 Å². The molecule has 78 valence electrons. The minimum Gasteiger partial charge on any atom is -0.481 e. The molecule has 0 aromatic rings. The number of hydrogen-bond acceptors (Lipinski definition) is 2. The van der Waals surface area contributed by atoms with Crippen LogP contribution in [0.4, 0.5) is 0 Å². The number of likely N-dealkylation sites (tertiary alicyclic amines) is 1. The third-order valence-electron chi connectivity index (χ3n) is 3.30. The van der Waals surface area contributed by atoms with Crippen molar-refractivity contribution in [1.82, 2.24) is 4.90 Å². The third-order valence-corrected chi connectivity index (χ3v) is 3.30. The van der Waals surface area contributed by atoms with Crippen molar-refractivity contribution in [3.8, 4) is 0 Å². The normalized spacial score (nSPS) is 32.4. The zero-order valence-corrected chi connectivity index (χ0v) is 8.27. The highest BCUT2D eigenvalue weighted by molar-refractivity contribution is 5.80. The van der Waals surface area contributed by atoms with Crippen molar-refractivity contribution in [2.45, 2.75) is 31.7 Å². The molecule has 0 aromatic heterocycles. The van der Waals surface area contributed by atoms with Gasteiger partial charge >= 0.3 is 5.97 Å². The third kappa shape index (κ3) is 1.61. The van der Waals surface area contributed by atoms with E-state index in [1.54, 1.807) is 11.9 Å². The van der Waals surface area contributed by atoms with Crippen molar-refractivity contribution in [1.29, 1.82) is 0 Å². The summed E-state index contributed by atoms with van der Waals surface area (Å²) in [6.45, 7) is 0. The summed E-state index contributed by atoms with van der Waals surface area (Å²) in [7, 11) is 1.80. The van der Waals surface area contributed by atoms with Gasteiger partial charge in [0.2, 0.25) is 5.91 Å². The Morgan fingerprint density at radius 3 is 2.71 bits per heavy atom. The predicted molar refractivity (Wildman–Crippen MR) is 49.6 cm³/mol. The Labute approximate surface area is 82.9 Å². The summed E-state index contributed by atoms with van der Waals surface area (Å²) in [5.74, 6) is -0.0785. The molecular weight excluding hydrogens is 182 g/mol. The van der Waals surface area contributed by atoms with Gasteiger partial charge in [-0.05, 0) is 24.7 Å². The second kappa shape index (κ2) is 3.26. The molecule has 2 rings (SSSR count). The Balaban J connectivity index is 2.07. The number of amides is 1. The molecule has 0 aromatic carbocycles. The Morgan fingerprint density at radius 2 is 2.21 bits per heavy atom. The van der Waals surface area contributed by atoms with Crippen molar-refractivity contribution in [2.24, 2.45) is 11.8 Å². The molecule has 1 heterocycles. The molecule has 1 saturated heterocycles. The standard InChI is InChI=1S/C10H15NO3/c1-11-8(12)4-7(5-9(13)14)10(11)6-2-3-6/h6-7,10H,2-5H2,1H3,(H,13,14)/t7-,10-/m1/s1. The number of hydrogen-bond donors (Lipinski definition) is 1. The van der Waals surface area contributed by atoms with Crippen molar-refractivity contribution in [3.05, 3.63) is 0 Å². The largest absolute Gasteiger partial charge is 0.481 e. The Hall–Kier alpha value is -1.06. The van der Waals surface area contributed by atoms with Crippen LogP contribution in [-0.4, -0.2) is 35.0 Å². The van der Waals surface area contributed by atoms with Gasteiger partial charge in [0.25, 0.3) is 0 Å². The second-order valence-electron chi connectivity index (χ2n) is 4.39. The minimum atomic E-state index is -0.788. The number of carbonyl (C=O) groups excluding carboxylic acids is 1. The predicted octanol–water partition coefficient (Wildman–Crippen LogP) is 0.718. The molecule has 1 saturated carbocycles. The molecule has 2 fully saturated rings. The summed E-state index contributed by atoms with van der Waals surface area (Å²) in [4.78, 5) is 23.8. The molecule has 0 unspecified atom stereocenters. The molecule has 0 spiro atoms. The molecule has 2 atom stereocenters. The zero-order chi connectivity index (χ0) is 10.3. The van der Waals surface area contributed by atoms with Crippen LogP contribution in [-0.2, 0) is 9.59 Å². The summed E-state index contributed by atoms with van der Waals surface area (Å²) in [5, 5.41) is 8.74. The first-order valence-electron chi connectivity index (χ1n) is 5.07. The van der Waals surface area contributed by atoms with E-state index in [9.17, 15) is 9.59 Å². The minimum absolute atomic E-state index is 0.0394. The molecule has 1 aliphatic carbocycles. The van der Waals surface area contributed by atoms with Gasteiger partial charge in [-0.2, -0.15) is 0 Å². The van der Waals surface area contributed by atoms with Crippen LogP contribution in [0, 0.1) is 11.8 Å². The van der Waals surface area contributed by atoms with Gasteiger partial charge in [-0.3, -0.25) is 9.59 Å². The van der Waals surface area contributed by atoms with Gasteiger partial charge < -0.3 is 10.0 Å². The Bertz CT molecular complexity index is 271. The van der Waals surface area contributed by atoms with Crippen molar-refractivity contribution >= 4 is 11.9 Å². The van der Waals surface area contributed by atoms with E-state index in [2.05, 4.69) is 0 Å². The van der Waals surface area contributed by atoms with Gasteiger partial charge in [-0.1, -0.05) is 0 Å². The van der Waals surface area contributed by atoms with E-state index in [0.717, 1.165) is 12.8 Å². The first-order valence-corrected chi connectivity index (χ1v) is 5.07. The Morgan fingerprint density at radius 1 is 1.57 bits per heavy atom. The lowest BCUT2D eigenvalue weighted by Crippen LogP contribution is -2.34. The van der Waals surface area contributed by atoms with Crippen LogP contribution in [0.3, 0.4) is 0 Å². The summed E-state index contributed by atoms with van der Waals surface area (Å²) < 4.78 is 0. The summed E-state index contributed by atoms with van der Waals surface area (Å²) >= 11 is 0. The smallest absolute Gasteiger partial charge is 0.303 e. The number of carboxylic acid groups (broad SMARTS) is 1. The second-order valence-corrected chi connectivity index (χ2v) is 4.39. The summed E-state index contributed by atoms with van der Waals surface area (Å²) in [5.41, 5.74) is 0. The molecule has 4 nitrogen and oxygen atoms in total.